The molecule has 0 aromatic rings. The van der Waals surface area contributed by atoms with Gasteiger partial charge in [-0.2, -0.15) is 0 Å². The molecule has 0 aromatic heterocycles. The first-order valence-electron chi connectivity index (χ1n) is 7.21. The van der Waals surface area contributed by atoms with E-state index in [9.17, 15) is 17.2 Å². The lowest BCUT2D eigenvalue weighted by Crippen LogP contribution is -2.25. The van der Waals surface area contributed by atoms with Crippen molar-refractivity contribution in [1.82, 2.24) is 0 Å². The highest BCUT2D eigenvalue weighted by Crippen LogP contribution is 2.27. The Kier molecular flexibility index (Phi) is 7.14. The van der Waals surface area contributed by atoms with E-state index in [1.165, 1.54) is 0 Å². The second-order valence-electron chi connectivity index (χ2n) is 5.47. The molecule has 2 saturated carbocycles. The van der Waals surface area contributed by atoms with Crippen LogP contribution in [0.2, 0.25) is 0 Å². The average molecular weight is 344 g/mol. The van der Waals surface area contributed by atoms with Gasteiger partial charge in [0, 0.05) is 0 Å². The van der Waals surface area contributed by atoms with E-state index in [2.05, 4.69) is 4.89 Å². The molecule has 5 nitrogen and oxygen atoms in total. The van der Waals surface area contributed by atoms with Gasteiger partial charge in [-0.25, -0.2) is 13.0 Å². The van der Waals surface area contributed by atoms with Crippen LogP contribution in [0.1, 0.15) is 51.4 Å². The molecule has 0 amide bonds. The Labute approximate surface area is 128 Å². The van der Waals surface area contributed by atoms with Crippen molar-refractivity contribution in [2.75, 3.05) is 0 Å². The van der Waals surface area contributed by atoms with Crippen molar-refractivity contribution in [2.45, 2.75) is 75.1 Å². The van der Waals surface area contributed by atoms with Crippen molar-refractivity contribution < 1.29 is 25.7 Å². The molecule has 2 unspecified atom stereocenters. The molecular weight excluding hydrogens is 324 g/mol. The van der Waals surface area contributed by atoms with Gasteiger partial charge in [-0.15, -0.1) is 0 Å². The van der Waals surface area contributed by atoms with Gasteiger partial charge < -0.3 is 13.4 Å². The maximum Gasteiger partial charge on any atom is 0.142 e. The van der Waals surface area contributed by atoms with Crippen molar-refractivity contribution in [1.29, 1.82) is 0 Å². The summed E-state index contributed by atoms with van der Waals surface area (Å²) in [5.41, 5.74) is 0. The Hall–Kier alpha value is 0.0400. The third-order valence-corrected chi connectivity index (χ3v) is 5.83. The normalized spacial score (nSPS) is 37.0. The molecule has 0 heterocycles. The second kappa shape index (κ2) is 8.61. The summed E-state index contributed by atoms with van der Waals surface area (Å²) in [6.07, 6.45) is 1.48. The van der Waals surface area contributed by atoms with E-state index >= 15 is 0 Å². The molecule has 2 aliphatic rings. The lowest BCUT2D eigenvalue weighted by molar-refractivity contribution is 0.125. The van der Waals surface area contributed by atoms with Gasteiger partial charge in [0.05, 0.1) is 22.6 Å². The number of nitrogens with zero attached hydrogens (tertiary/aromatic N) is 1. The summed E-state index contributed by atoms with van der Waals surface area (Å²) in [6, 6.07) is 0. The van der Waals surface area contributed by atoms with Gasteiger partial charge in [-0.3, -0.25) is 4.21 Å². The Morgan fingerprint density at radius 3 is 1.95 bits per heavy atom. The van der Waals surface area contributed by atoms with Crippen LogP contribution in [0.4, 0.5) is 8.78 Å². The largest absolute Gasteiger partial charge is 0.408 e. The number of rotatable bonds is 6. The summed E-state index contributed by atoms with van der Waals surface area (Å²) < 4.78 is 59.0. The first-order valence-corrected chi connectivity index (χ1v) is 9.38. The van der Waals surface area contributed by atoms with Crippen LogP contribution in [-0.2, 0) is 30.8 Å². The summed E-state index contributed by atoms with van der Waals surface area (Å²) in [7, 11) is 0. The van der Waals surface area contributed by atoms with Crippen molar-refractivity contribution in [3.8, 4) is 0 Å². The smallest absolute Gasteiger partial charge is 0.142 e. The third kappa shape index (κ3) is 5.97. The molecule has 0 N–H and O–H groups in total. The summed E-state index contributed by atoms with van der Waals surface area (Å²) in [6.45, 7) is 0. The van der Waals surface area contributed by atoms with E-state index in [1.54, 1.807) is 0 Å². The molecular formula is C12H20F2NO4S2-. The van der Waals surface area contributed by atoms with Crippen LogP contribution in [0.3, 0.4) is 0 Å². The quantitative estimate of drug-likeness (QED) is 0.694. The topological polar surface area (TPSA) is 66.7 Å². The van der Waals surface area contributed by atoms with E-state index in [0.29, 0.717) is 51.4 Å². The lowest BCUT2D eigenvalue weighted by Gasteiger charge is -2.29. The monoisotopic (exact) mass is 344 g/mol. The zero-order chi connectivity index (χ0) is 15.2. The average Bonchev–Trinajstić information content (AvgIpc) is 2.48. The van der Waals surface area contributed by atoms with Gasteiger partial charge in [-0.1, -0.05) is 0 Å². The Morgan fingerprint density at radius 1 is 0.857 bits per heavy atom. The first kappa shape index (κ1) is 17.4. The van der Waals surface area contributed by atoms with Crippen LogP contribution in [0.5, 0.6) is 0 Å². The predicted octanol–water partition coefficient (Wildman–Crippen LogP) is 3.11. The molecule has 0 radical (unpaired) electrons. The van der Waals surface area contributed by atoms with Gasteiger partial charge in [0.1, 0.15) is 23.4 Å². The Balaban J connectivity index is 1.63. The van der Waals surface area contributed by atoms with Crippen LogP contribution in [0.25, 0.3) is 4.89 Å². The fraction of sp³-hybridized carbons (Fsp3) is 1.00. The summed E-state index contributed by atoms with van der Waals surface area (Å²) >= 11 is -3.77. The van der Waals surface area contributed by atoms with Gasteiger partial charge >= 0.3 is 0 Å². The number of hydrogen-bond donors (Lipinski definition) is 0. The number of halogens is 2. The highest BCUT2D eigenvalue weighted by molar-refractivity contribution is 7.85. The lowest BCUT2D eigenvalue weighted by atomic mass is 9.96. The van der Waals surface area contributed by atoms with Gasteiger partial charge in [0.25, 0.3) is 0 Å². The molecule has 9 heteroatoms. The fourth-order valence-corrected chi connectivity index (χ4v) is 4.26. The zero-order valence-corrected chi connectivity index (χ0v) is 13.3. The van der Waals surface area contributed by atoms with E-state index in [4.69, 9.17) is 8.47 Å². The molecule has 0 aromatic carbocycles. The summed E-state index contributed by atoms with van der Waals surface area (Å²) in [4.78, 5) is 3.29. The minimum absolute atomic E-state index is 0.278. The van der Waals surface area contributed by atoms with Crippen LogP contribution >= 0.6 is 0 Å². The van der Waals surface area contributed by atoms with E-state index in [-0.39, 0.29) is 11.4 Å². The minimum atomic E-state index is -2.05. The van der Waals surface area contributed by atoms with E-state index in [1.807, 2.05) is 0 Å². The van der Waals surface area contributed by atoms with Crippen molar-refractivity contribution in [3.63, 3.8) is 0 Å². The highest BCUT2D eigenvalue weighted by Gasteiger charge is 2.25. The molecule has 0 bridgehead atoms. The van der Waals surface area contributed by atoms with Crippen LogP contribution < -0.4 is 0 Å². The van der Waals surface area contributed by atoms with Crippen molar-refractivity contribution in [3.05, 3.63) is 4.89 Å². The fourth-order valence-electron chi connectivity index (χ4n) is 2.58. The molecule has 124 valence electrons. The minimum Gasteiger partial charge on any atom is -0.408 e. The van der Waals surface area contributed by atoms with Gasteiger partial charge in [0.15, 0.2) is 0 Å². The maximum atomic E-state index is 13.0. The van der Waals surface area contributed by atoms with E-state index in [0.717, 1.165) is 0 Å². The molecule has 21 heavy (non-hydrogen) atoms. The maximum absolute atomic E-state index is 13.0. The predicted molar refractivity (Wildman–Crippen MR) is 76.1 cm³/mol. The van der Waals surface area contributed by atoms with Gasteiger partial charge in [0.2, 0.25) is 0 Å². The van der Waals surface area contributed by atoms with E-state index < -0.39 is 34.7 Å². The summed E-state index contributed by atoms with van der Waals surface area (Å²) in [5.74, 6) is 0. The highest BCUT2D eigenvalue weighted by atomic mass is 32.2. The van der Waals surface area contributed by atoms with Crippen molar-refractivity contribution >= 4 is 22.3 Å². The summed E-state index contributed by atoms with van der Waals surface area (Å²) in [5, 5.41) is -0.278. The number of hydrogen-bond acceptors (Lipinski definition) is 4. The second-order valence-corrected chi connectivity index (χ2v) is 7.58. The first-order chi connectivity index (χ1) is 10.0. The van der Waals surface area contributed by atoms with Crippen LogP contribution in [0.15, 0.2) is 0 Å². The molecule has 0 spiro atoms. The number of alkyl halides is 2. The zero-order valence-electron chi connectivity index (χ0n) is 11.6. The van der Waals surface area contributed by atoms with Crippen molar-refractivity contribution in [2.24, 2.45) is 0 Å². The Bertz CT molecular complexity index is 372. The molecule has 0 aliphatic heterocycles. The molecule has 2 fully saturated rings. The molecule has 2 aliphatic carbocycles. The SMILES string of the molecule is O=S([N-]OS(=O)C1CCC(F)CC1)OC1CCC(F)CC1. The van der Waals surface area contributed by atoms with Gasteiger partial charge in [-0.05, 0) is 51.4 Å². The molecule has 0 saturated heterocycles. The van der Waals surface area contributed by atoms with Crippen LogP contribution in [-0.4, -0.2) is 32.1 Å². The Morgan fingerprint density at radius 2 is 1.38 bits per heavy atom. The molecule has 2 atom stereocenters. The standard InChI is InChI=1S/C12H20F2NO4S2/c13-9-1-5-11(6-2-9)18-21(17)15-19-20(16)12-7-3-10(14)4-8-12/h9-12H,1-8H2/q-1. The van der Waals surface area contributed by atoms with Crippen LogP contribution in [0, 0.1) is 0 Å². The molecule has 2 rings (SSSR count). The third-order valence-electron chi connectivity index (χ3n) is 3.86.